The molecule has 0 amide bonds. The van der Waals surface area contributed by atoms with Crippen LogP contribution in [0.25, 0.3) is 0 Å². The lowest BCUT2D eigenvalue weighted by Gasteiger charge is -2.09. The molecule has 1 aromatic rings. The molecular formula is C11H17N3O3. The van der Waals surface area contributed by atoms with Gasteiger partial charge in [0.1, 0.15) is 5.82 Å². The summed E-state index contributed by atoms with van der Waals surface area (Å²) in [5, 5.41) is 12.4. The number of anilines is 1. The van der Waals surface area contributed by atoms with Gasteiger partial charge in [-0.05, 0) is 12.8 Å². The summed E-state index contributed by atoms with van der Waals surface area (Å²) in [5.41, 5.74) is 0.161. The summed E-state index contributed by atoms with van der Waals surface area (Å²) >= 11 is 0. The van der Waals surface area contributed by atoms with Crippen LogP contribution < -0.4 is 5.32 Å². The Labute approximate surface area is 100 Å². The average Bonchev–Trinajstić information content (AvgIpc) is 2.38. The van der Waals surface area contributed by atoms with Gasteiger partial charge in [0, 0.05) is 6.54 Å². The summed E-state index contributed by atoms with van der Waals surface area (Å²) in [6.07, 6.45) is 3.89. The number of carbonyl (C=O) groups excluding carboxylic acids is 1. The van der Waals surface area contributed by atoms with Gasteiger partial charge >= 0.3 is 5.97 Å². The number of hydrogen-bond acceptors (Lipinski definition) is 6. The van der Waals surface area contributed by atoms with Crippen LogP contribution in [0, 0.1) is 0 Å². The van der Waals surface area contributed by atoms with Crippen molar-refractivity contribution in [1.29, 1.82) is 0 Å². The quantitative estimate of drug-likeness (QED) is 0.715. The van der Waals surface area contributed by atoms with E-state index in [0.717, 1.165) is 6.42 Å². The number of nitrogens with zero attached hydrogens (tertiary/aromatic N) is 2. The number of aliphatic hydroxyl groups excluding tert-OH is 1. The Balaban J connectivity index is 2.51. The van der Waals surface area contributed by atoms with Gasteiger partial charge in [-0.1, -0.05) is 6.92 Å². The van der Waals surface area contributed by atoms with Crippen molar-refractivity contribution in [3.63, 3.8) is 0 Å². The third kappa shape index (κ3) is 4.36. The zero-order valence-electron chi connectivity index (χ0n) is 10.0. The first kappa shape index (κ1) is 13.4. The van der Waals surface area contributed by atoms with E-state index in [1.807, 2.05) is 6.92 Å². The van der Waals surface area contributed by atoms with Crippen molar-refractivity contribution in [3.05, 3.63) is 18.1 Å². The molecule has 6 nitrogen and oxygen atoms in total. The summed E-state index contributed by atoms with van der Waals surface area (Å²) in [7, 11) is 1.29. The van der Waals surface area contributed by atoms with Crippen molar-refractivity contribution in [2.45, 2.75) is 25.9 Å². The normalized spacial score (nSPS) is 11.9. The second-order valence-electron chi connectivity index (χ2n) is 3.56. The molecule has 0 fully saturated rings. The smallest absolute Gasteiger partial charge is 0.358 e. The zero-order chi connectivity index (χ0) is 12.7. The topological polar surface area (TPSA) is 84.3 Å². The minimum absolute atomic E-state index is 0.161. The van der Waals surface area contributed by atoms with Crippen LogP contribution in [0.1, 0.15) is 30.3 Å². The van der Waals surface area contributed by atoms with Crippen molar-refractivity contribution in [2.75, 3.05) is 19.0 Å². The number of carbonyl (C=O) groups is 1. The molecule has 17 heavy (non-hydrogen) atoms. The van der Waals surface area contributed by atoms with Crippen molar-refractivity contribution < 1.29 is 14.6 Å². The van der Waals surface area contributed by atoms with Gasteiger partial charge in [-0.25, -0.2) is 9.78 Å². The van der Waals surface area contributed by atoms with Gasteiger partial charge in [-0.15, -0.1) is 0 Å². The van der Waals surface area contributed by atoms with Crippen molar-refractivity contribution in [2.24, 2.45) is 0 Å². The van der Waals surface area contributed by atoms with Gasteiger partial charge < -0.3 is 15.2 Å². The maximum Gasteiger partial charge on any atom is 0.358 e. The number of aliphatic hydroxyl groups is 1. The maximum absolute atomic E-state index is 11.2. The van der Waals surface area contributed by atoms with Crippen molar-refractivity contribution in [3.8, 4) is 0 Å². The number of hydrogen-bond donors (Lipinski definition) is 2. The van der Waals surface area contributed by atoms with Crippen LogP contribution in [0.5, 0.6) is 0 Å². The number of aromatic nitrogens is 2. The van der Waals surface area contributed by atoms with E-state index in [1.165, 1.54) is 19.5 Å². The lowest BCUT2D eigenvalue weighted by atomic mass is 10.2. The number of nitrogens with one attached hydrogen (secondary N) is 1. The van der Waals surface area contributed by atoms with E-state index in [2.05, 4.69) is 20.0 Å². The molecule has 0 radical (unpaired) electrons. The highest BCUT2D eigenvalue weighted by molar-refractivity contribution is 5.87. The molecule has 94 valence electrons. The molecule has 0 spiro atoms. The van der Waals surface area contributed by atoms with E-state index in [-0.39, 0.29) is 11.8 Å². The average molecular weight is 239 g/mol. The van der Waals surface area contributed by atoms with Crippen LogP contribution >= 0.6 is 0 Å². The van der Waals surface area contributed by atoms with Gasteiger partial charge in [0.05, 0.1) is 25.6 Å². The van der Waals surface area contributed by atoms with Gasteiger partial charge in [0.2, 0.25) is 0 Å². The third-order valence-electron chi connectivity index (χ3n) is 2.28. The van der Waals surface area contributed by atoms with E-state index in [4.69, 9.17) is 0 Å². The fraction of sp³-hybridized carbons (Fsp3) is 0.545. The van der Waals surface area contributed by atoms with Gasteiger partial charge in [0.15, 0.2) is 5.69 Å². The molecule has 2 N–H and O–H groups in total. The van der Waals surface area contributed by atoms with Crippen LogP contribution in [0.2, 0.25) is 0 Å². The van der Waals surface area contributed by atoms with Gasteiger partial charge in [0.25, 0.3) is 0 Å². The summed E-state index contributed by atoms with van der Waals surface area (Å²) in [5.74, 6) is -0.0223. The molecule has 0 aromatic carbocycles. The van der Waals surface area contributed by atoms with Crippen LogP contribution in [0.4, 0.5) is 5.82 Å². The van der Waals surface area contributed by atoms with Crippen LogP contribution in [0.15, 0.2) is 12.4 Å². The Kier molecular flexibility index (Phi) is 5.35. The predicted octanol–water partition coefficient (Wildman–Crippen LogP) is 0.836. The summed E-state index contributed by atoms with van der Waals surface area (Å²) in [4.78, 5) is 19.1. The maximum atomic E-state index is 11.2. The highest BCUT2D eigenvalue weighted by Crippen LogP contribution is 2.04. The number of ether oxygens (including phenoxy) is 1. The molecule has 1 rings (SSSR count). The zero-order valence-corrected chi connectivity index (χ0v) is 10.0. The minimum atomic E-state index is -0.519. The molecule has 0 aliphatic heterocycles. The fourth-order valence-corrected chi connectivity index (χ4v) is 1.23. The van der Waals surface area contributed by atoms with E-state index in [1.54, 1.807) is 0 Å². The molecule has 0 saturated heterocycles. The third-order valence-corrected chi connectivity index (χ3v) is 2.28. The van der Waals surface area contributed by atoms with E-state index in [9.17, 15) is 9.90 Å². The van der Waals surface area contributed by atoms with Crippen molar-refractivity contribution in [1.82, 2.24) is 9.97 Å². The second-order valence-corrected chi connectivity index (χ2v) is 3.56. The standard InChI is InChI=1S/C11H17N3O3/c1-3-8(15)4-5-13-10-7-12-6-9(14-10)11(16)17-2/h6-8,15H,3-5H2,1-2H3,(H,13,14). The first-order valence-corrected chi connectivity index (χ1v) is 5.49. The predicted molar refractivity (Wildman–Crippen MR) is 62.8 cm³/mol. The molecule has 1 heterocycles. The first-order chi connectivity index (χ1) is 8.17. The fourth-order valence-electron chi connectivity index (χ4n) is 1.23. The Bertz CT molecular complexity index is 371. The molecule has 1 unspecified atom stereocenters. The molecule has 1 atom stereocenters. The molecule has 1 aromatic heterocycles. The number of methoxy groups -OCH3 is 1. The van der Waals surface area contributed by atoms with Gasteiger partial charge in [-0.3, -0.25) is 4.98 Å². The van der Waals surface area contributed by atoms with Crippen LogP contribution in [-0.4, -0.2) is 40.8 Å². The molecule has 0 bridgehead atoms. The lowest BCUT2D eigenvalue weighted by Crippen LogP contribution is -2.14. The Morgan fingerprint density at radius 2 is 2.35 bits per heavy atom. The van der Waals surface area contributed by atoms with Gasteiger partial charge in [-0.2, -0.15) is 0 Å². The van der Waals surface area contributed by atoms with Crippen LogP contribution in [-0.2, 0) is 4.74 Å². The summed E-state index contributed by atoms with van der Waals surface area (Å²) < 4.78 is 4.54. The Morgan fingerprint density at radius 3 is 3.00 bits per heavy atom. The monoisotopic (exact) mass is 239 g/mol. The minimum Gasteiger partial charge on any atom is -0.464 e. The van der Waals surface area contributed by atoms with E-state index < -0.39 is 5.97 Å². The van der Waals surface area contributed by atoms with E-state index in [0.29, 0.717) is 18.8 Å². The lowest BCUT2D eigenvalue weighted by molar-refractivity contribution is 0.0593. The Morgan fingerprint density at radius 1 is 1.59 bits per heavy atom. The first-order valence-electron chi connectivity index (χ1n) is 5.49. The van der Waals surface area contributed by atoms with Crippen LogP contribution in [0.3, 0.4) is 0 Å². The Hall–Kier alpha value is -1.69. The van der Waals surface area contributed by atoms with Crippen molar-refractivity contribution >= 4 is 11.8 Å². The summed E-state index contributed by atoms with van der Waals surface area (Å²) in [6, 6.07) is 0. The molecule has 0 aliphatic rings. The molecule has 0 aliphatic carbocycles. The largest absolute Gasteiger partial charge is 0.464 e. The highest BCUT2D eigenvalue weighted by Gasteiger charge is 2.08. The molecular weight excluding hydrogens is 222 g/mol. The second kappa shape index (κ2) is 6.80. The number of rotatable bonds is 6. The highest BCUT2D eigenvalue weighted by atomic mass is 16.5. The molecule has 6 heteroatoms. The molecule has 0 saturated carbocycles. The SMILES string of the molecule is CCC(O)CCNc1cncc(C(=O)OC)n1. The number of esters is 1. The summed E-state index contributed by atoms with van der Waals surface area (Å²) in [6.45, 7) is 2.50. The van der Waals surface area contributed by atoms with E-state index >= 15 is 0 Å².